The van der Waals surface area contributed by atoms with Crippen molar-refractivity contribution >= 4 is 16.7 Å². The van der Waals surface area contributed by atoms with E-state index in [1.165, 1.54) is 0 Å². The molecule has 0 saturated carbocycles. The fraction of sp³-hybridized carbons (Fsp3) is 0.550. The van der Waals surface area contributed by atoms with Gasteiger partial charge in [-0.25, -0.2) is 5.10 Å². The number of carbonyl (C=O) groups is 1. The second-order valence-corrected chi connectivity index (χ2v) is 7.13. The van der Waals surface area contributed by atoms with Crippen molar-refractivity contribution in [3.63, 3.8) is 0 Å². The van der Waals surface area contributed by atoms with Crippen molar-refractivity contribution in [1.82, 2.24) is 25.3 Å². The Hall–Kier alpha value is -2.25. The number of fused-ring (bicyclic) bond motifs is 1. The number of nitrogens with zero attached hydrogens (tertiary/aromatic N) is 3. The molecule has 1 atom stereocenters. The fourth-order valence-corrected chi connectivity index (χ4v) is 3.59. The molecule has 146 valence electrons. The molecule has 1 unspecified atom stereocenters. The smallest absolute Gasteiger partial charge is 0.272 e. The summed E-state index contributed by atoms with van der Waals surface area (Å²) in [5.41, 5.74) is 0.378. The SMILES string of the molecule is CCN1CCN(CCCNC(=O)C(C)c2n[nH]c(=O)c3ccccc23)CC1. The second-order valence-electron chi connectivity index (χ2n) is 7.13. The van der Waals surface area contributed by atoms with Crippen LogP contribution in [0.25, 0.3) is 10.8 Å². The standard InChI is InChI=1S/C20H29N5O2/c1-3-24-11-13-25(14-12-24)10-6-9-21-19(26)15(2)18-16-7-4-5-8-17(16)20(27)23-22-18/h4-5,7-8,15H,3,6,9-14H2,1-2H3,(H,21,26)(H,23,27). The van der Waals surface area contributed by atoms with Crippen molar-refractivity contribution in [2.24, 2.45) is 0 Å². The summed E-state index contributed by atoms with van der Waals surface area (Å²) in [6.07, 6.45) is 0.935. The van der Waals surface area contributed by atoms with Crippen LogP contribution < -0.4 is 10.9 Å². The highest BCUT2D eigenvalue weighted by Crippen LogP contribution is 2.20. The van der Waals surface area contributed by atoms with Gasteiger partial charge < -0.3 is 15.1 Å². The maximum atomic E-state index is 12.5. The van der Waals surface area contributed by atoms with Crippen LogP contribution in [-0.4, -0.2) is 71.7 Å². The molecule has 0 aliphatic carbocycles. The quantitative estimate of drug-likeness (QED) is 0.714. The lowest BCUT2D eigenvalue weighted by atomic mass is 10.0. The van der Waals surface area contributed by atoms with E-state index in [9.17, 15) is 9.59 Å². The van der Waals surface area contributed by atoms with Crippen molar-refractivity contribution in [3.8, 4) is 0 Å². The normalized spacial score (nSPS) is 17.1. The zero-order chi connectivity index (χ0) is 19.2. The highest BCUT2D eigenvalue weighted by Gasteiger charge is 2.20. The Morgan fingerprint density at radius 3 is 2.56 bits per heavy atom. The van der Waals surface area contributed by atoms with Gasteiger partial charge in [0.1, 0.15) is 0 Å². The van der Waals surface area contributed by atoms with Crippen LogP contribution in [0.2, 0.25) is 0 Å². The summed E-state index contributed by atoms with van der Waals surface area (Å²) in [6.45, 7) is 11.3. The average Bonchev–Trinajstić information content (AvgIpc) is 2.71. The summed E-state index contributed by atoms with van der Waals surface area (Å²) >= 11 is 0. The van der Waals surface area contributed by atoms with Crippen molar-refractivity contribution in [2.45, 2.75) is 26.2 Å². The molecule has 1 amide bonds. The first-order chi connectivity index (χ1) is 13.1. The Balaban J connectivity index is 1.50. The number of aromatic amines is 1. The molecule has 27 heavy (non-hydrogen) atoms. The first-order valence-corrected chi connectivity index (χ1v) is 9.80. The van der Waals surface area contributed by atoms with Gasteiger partial charge in [0, 0.05) is 38.1 Å². The lowest BCUT2D eigenvalue weighted by Gasteiger charge is -2.34. The lowest BCUT2D eigenvalue weighted by Crippen LogP contribution is -2.46. The molecule has 2 heterocycles. The first kappa shape index (κ1) is 19.5. The molecule has 0 radical (unpaired) electrons. The minimum absolute atomic E-state index is 0.0597. The predicted molar refractivity (Wildman–Crippen MR) is 107 cm³/mol. The fourth-order valence-electron chi connectivity index (χ4n) is 3.59. The van der Waals surface area contributed by atoms with E-state index < -0.39 is 5.92 Å². The summed E-state index contributed by atoms with van der Waals surface area (Å²) in [7, 11) is 0. The number of aromatic nitrogens is 2. The van der Waals surface area contributed by atoms with E-state index in [2.05, 4.69) is 32.2 Å². The molecule has 1 aliphatic rings. The number of hydrogen-bond acceptors (Lipinski definition) is 5. The molecule has 1 aromatic carbocycles. The molecule has 1 saturated heterocycles. The van der Waals surface area contributed by atoms with Gasteiger partial charge in [-0.05, 0) is 32.5 Å². The van der Waals surface area contributed by atoms with E-state index in [-0.39, 0.29) is 11.5 Å². The van der Waals surface area contributed by atoms with Crippen LogP contribution in [-0.2, 0) is 4.79 Å². The average molecular weight is 371 g/mol. The van der Waals surface area contributed by atoms with E-state index in [0.29, 0.717) is 17.6 Å². The maximum absolute atomic E-state index is 12.5. The third-order valence-corrected chi connectivity index (χ3v) is 5.39. The van der Waals surface area contributed by atoms with Crippen molar-refractivity contribution in [3.05, 3.63) is 40.3 Å². The zero-order valence-electron chi connectivity index (χ0n) is 16.2. The van der Waals surface area contributed by atoms with Crippen molar-refractivity contribution in [1.29, 1.82) is 0 Å². The van der Waals surface area contributed by atoms with Crippen LogP contribution >= 0.6 is 0 Å². The third-order valence-electron chi connectivity index (χ3n) is 5.39. The molecule has 7 heteroatoms. The lowest BCUT2D eigenvalue weighted by molar-refractivity contribution is -0.122. The van der Waals surface area contributed by atoms with Crippen molar-refractivity contribution in [2.75, 3.05) is 45.8 Å². The number of piperazine rings is 1. The molecule has 1 aliphatic heterocycles. The molecule has 2 N–H and O–H groups in total. The molecular weight excluding hydrogens is 342 g/mol. The van der Waals surface area contributed by atoms with Crippen LogP contribution in [0.5, 0.6) is 0 Å². The van der Waals surface area contributed by atoms with E-state index in [1.807, 2.05) is 25.1 Å². The van der Waals surface area contributed by atoms with E-state index in [0.717, 1.165) is 51.1 Å². The number of amides is 1. The molecule has 1 fully saturated rings. The maximum Gasteiger partial charge on any atom is 0.272 e. The van der Waals surface area contributed by atoms with Crippen LogP contribution in [0.1, 0.15) is 31.9 Å². The minimum Gasteiger partial charge on any atom is -0.355 e. The van der Waals surface area contributed by atoms with Crippen LogP contribution in [0.3, 0.4) is 0 Å². The number of H-pyrrole nitrogens is 1. The van der Waals surface area contributed by atoms with Crippen LogP contribution in [0.4, 0.5) is 0 Å². The number of likely N-dealkylation sites (N-methyl/N-ethyl adjacent to an activating group) is 1. The molecular formula is C20H29N5O2. The topological polar surface area (TPSA) is 81.3 Å². The van der Waals surface area contributed by atoms with Gasteiger partial charge in [-0.15, -0.1) is 0 Å². The number of carbonyl (C=O) groups excluding carboxylic acids is 1. The highest BCUT2D eigenvalue weighted by molar-refractivity contribution is 5.90. The Bertz CT molecular complexity index is 826. The monoisotopic (exact) mass is 371 g/mol. The van der Waals surface area contributed by atoms with Gasteiger partial charge in [-0.2, -0.15) is 5.10 Å². The van der Waals surface area contributed by atoms with Crippen molar-refractivity contribution < 1.29 is 4.79 Å². The van der Waals surface area contributed by atoms with E-state index in [1.54, 1.807) is 6.07 Å². The highest BCUT2D eigenvalue weighted by atomic mass is 16.2. The summed E-state index contributed by atoms with van der Waals surface area (Å²) in [6, 6.07) is 7.26. The van der Waals surface area contributed by atoms with Gasteiger partial charge in [-0.3, -0.25) is 9.59 Å². The summed E-state index contributed by atoms with van der Waals surface area (Å²) in [5, 5.41) is 10.9. The Labute approximate surface area is 159 Å². The molecule has 0 bridgehead atoms. The Morgan fingerprint density at radius 1 is 1.19 bits per heavy atom. The predicted octanol–water partition coefficient (Wildman–Crippen LogP) is 1.17. The minimum atomic E-state index is -0.417. The van der Waals surface area contributed by atoms with Crippen LogP contribution in [0.15, 0.2) is 29.1 Å². The summed E-state index contributed by atoms with van der Waals surface area (Å²) in [5.74, 6) is -0.477. The van der Waals surface area contributed by atoms with Gasteiger partial charge in [0.05, 0.1) is 17.0 Å². The van der Waals surface area contributed by atoms with Gasteiger partial charge >= 0.3 is 0 Å². The molecule has 1 aromatic heterocycles. The van der Waals surface area contributed by atoms with E-state index >= 15 is 0 Å². The summed E-state index contributed by atoms with van der Waals surface area (Å²) < 4.78 is 0. The Kier molecular flexibility index (Phi) is 6.58. The van der Waals surface area contributed by atoms with Crippen LogP contribution in [0, 0.1) is 0 Å². The van der Waals surface area contributed by atoms with Gasteiger partial charge in [-0.1, -0.05) is 25.1 Å². The molecule has 3 rings (SSSR count). The zero-order valence-corrected chi connectivity index (χ0v) is 16.2. The molecule has 7 nitrogen and oxygen atoms in total. The largest absolute Gasteiger partial charge is 0.355 e. The molecule has 2 aromatic rings. The summed E-state index contributed by atoms with van der Waals surface area (Å²) in [4.78, 5) is 29.4. The van der Waals surface area contributed by atoms with Gasteiger partial charge in [0.25, 0.3) is 5.56 Å². The number of benzene rings is 1. The van der Waals surface area contributed by atoms with E-state index in [4.69, 9.17) is 0 Å². The number of hydrogen-bond donors (Lipinski definition) is 2. The molecule has 0 spiro atoms. The third kappa shape index (κ3) is 4.73. The first-order valence-electron chi connectivity index (χ1n) is 9.80. The van der Waals surface area contributed by atoms with Gasteiger partial charge in [0.15, 0.2) is 0 Å². The van der Waals surface area contributed by atoms with Gasteiger partial charge in [0.2, 0.25) is 5.91 Å². The number of nitrogens with one attached hydrogen (secondary N) is 2. The Morgan fingerprint density at radius 2 is 1.85 bits per heavy atom. The second kappa shape index (κ2) is 9.10. The number of rotatable bonds is 7.